The largest absolute Gasteiger partial charge is 0.497 e. The Morgan fingerprint density at radius 2 is 1.66 bits per heavy atom. The second-order valence-corrected chi connectivity index (χ2v) is 9.54. The van der Waals surface area contributed by atoms with E-state index in [0.717, 1.165) is 36.3 Å². The molecule has 0 aliphatic carbocycles. The van der Waals surface area contributed by atoms with Crippen LogP contribution in [0.4, 0.5) is 10.5 Å². The van der Waals surface area contributed by atoms with Crippen molar-refractivity contribution in [3.8, 4) is 11.5 Å². The number of piperidine rings is 1. The number of carbonyl (C=O) groups excluding carboxylic acids is 2. The third-order valence-corrected chi connectivity index (χ3v) is 7.79. The number of carbonyl (C=O) groups is 2. The number of nitrogens with one attached hydrogen (secondary N) is 1. The van der Waals surface area contributed by atoms with Crippen LogP contribution >= 0.6 is 11.8 Å². The number of hydrogen-bond acceptors (Lipinski definition) is 5. The van der Waals surface area contributed by atoms with E-state index in [4.69, 9.17) is 9.47 Å². The van der Waals surface area contributed by atoms with Gasteiger partial charge in [-0.15, -0.1) is 11.8 Å². The quantitative estimate of drug-likeness (QED) is 0.747. The van der Waals surface area contributed by atoms with Crippen LogP contribution in [0.3, 0.4) is 0 Å². The first-order valence-corrected chi connectivity index (χ1v) is 11.7. The van der Waals surface area contributed by atoms with Gasteiger partial charge in [0, 0.05) is 54.8 Å². The van der Waals surface area contributed by atoms with Crippen molar-refractivity contribution < 1.29 is 19.1 Å². The van der Waals surface area contributed by atoms with Crippen molar-refractivity contribution in [2.75, 3.05) is 44.9 Å². The molecule has 2 aromatic carbocycles. The minimum absolute atomic E-state index is 0.0921. The molecular weight excluding hydrogens is 426 g/mol. The van der Waals surface area contributed by atoms with Crippen molar-refractivity contribution in [3.63, 3.8) is 0 Å². The third-order valence-electron chi connectivity index (χ3n) is 6.23. The molecule has 0 unspecified atom stereocenters. The summed E-state index contributed by atoms with van der Waals surface area (Å²) in [5.74, 6) is 2.25. The molecule has 4 rings (SSSR count). The highest BCUT2D eigenvalue weighted by Gasteiger charge is 2.47. The summed E-state index contributed by atoms with van der Waals surface area (Å²) in [4.78, 5) is 29.8. The van der Waals surface area contributed by atoms with E-state index in [1.807, 2.05) is 52.8 Å². The first-order chi connectivity index (χ1) is 15.5. The molecule has 7 nitrogen and oxygen atoms in total. The summed E-state index contributed by atoms with van der Waals surface area (Å²) < 4.78 is 10.6. The standard InChI is InChI=1S/C24H29N3O4S/c1-17-6-4-5-7-21(17)22(28)27-12-13-32-24(27)8-10-26(11-9-24)23(29)25-18-14-19(30-2)16-20(15-18)31-3/h4-7,14-16H,8-13H2,1-3H3,(H,25,29). The van der Waals surface area contributed by atoms with E-state index < -0.39 is 0 Å². The molecule has 2 aliphatic heterocycles. The Bertz CT molecular complexity index is 982. The Hall–Kier alpha value is -2.87. The van der Waals surface area contributed by atoms with Crippen LogP contribution in [-0.2, 0) is 0 Å². The van der Waals surface area contributed by atoms with Gasteiger partial charge in [-0.3, -0.25) is 4.79 Å². The minimum Gasteiger partial charge on any atom is -0.497 e. The molecule has 2 heterocycles. The topological polar surface area (TPSA) is 71.1 Å². The Balaban J connectivity index is 1.42. The first kappa shape index (κ1) is 22.3. The van der Waals surface area contributed by atoms with Crippen LogP contribution in [0.15, 0.2) is 42.5 Å². The Labute approximate surface area is 193 Å². The fourth-order valence-electron chi connectivity index (χ4n) is 4.41. The van der Waals surface area contributed by atoms with E-state index in [0.29, 0.717) is 30.3 Å². The molecule has 3 amide bonds. The molecule has 170 valence electrons. The summed E-state index contributed by atoms with van der Waals surface area (Å²) in [6.45, 7) is 3.91. The predicted octanol–water partition coefficient (Wildman–Crippen LogP) is 4.23. The molecule has 1 N–H and O–H groups in total. The van der Waals surface area contributed by atoms with E-state index in [1.165, 1.54) is 0 Å². The van der Waals surface area contributed by atoms with Gasteiger partial charge in [0.1, 0.15) is 11.5 Å². The minimum atomic E-state index is -0.241. The number of aryl methyl sites for hydroxylation is 1. The second-order valence-electron chi connectivity index (χ2n) is 8.08. The molecule has 2 aromatic rings. The number of benzene rings is 2. The lowest BCUT2D eigenvalue weighted by Crippen LogP contribution is -2.54. The average Bonchev–Trinajstić information content (AvgIpc) is 3.21. The zero-order valence-electron chi connectivity index (χ0n) is 18.7. The molecular formula is C24H29N3O4S. The highest BCUT2D eigenvalue weighted by atomic mass is 32.2. The highest BCUT2D eigenvalue weighted by Crippen LogP contribution is 2.44. The van der Waals surface area contributed by atoms with Crippen LogP contribution < -0.4 is 14.8 Å². The number of anilines is 1. The number of ether oxygens (including phenoxy) is 2. The van der Waals surface area contributed by atoms with Crippen LogP contribution in [0.5, 0.6) is 11.5 Å². The number of hydrogen-bond donors (Lipinski definition) is 1. The van der Waals surface area contributed by atoms with Gasteiger partial charge in [-0.05, 0) is 31.4 Å². The monoisotopic (exact) mass is 455 g/mol. The van der Waals surface area contributed by atoms with Gasteiger partial charge in [0.2, 0.25) is 0 Å². The van der Waals surface area contributed by atoms with Crippen LogP contribution in [0, 0.1) is 6.92 Å². The van der Waals surface area contributed by atoms with Gasteiger partial charge in [0.15, 0.2) is 0 Å². The van der Waals surface area contributed by atoms with Crippen molar-refractivity contribution >= 4 is 29.4 Å². The number of urea groups is 1. The lowest BCUT2D eigenvalue weighted by molar-refractivity contribution is 0.0585. The zero-order valence-corrected chi connectivity index (χ0v) is 19.5. The van der Waals surface area contributed by atoms with Crippen molar-refractivity contribution in [2.45, 2.75) is 24.6 Å². The fourth-order valence-corrected chi connectivity index (χ4v) is 5.86. The van der Waals surface area contributed by atoms with Gasteiger partial charge < -0.3 is 24.6 Å². The summed E-state index contributed by atoms with van der Waals surface area (Å²) in [7, 11) is 3.15. The molecule has 0 saturated carbocycles. The summed E-state index contributed by atoms with van der Waals surface area (Å²) in [5.41, 5.74) is 2.38. The van der Waals surface area contributed by atoms with E-state index in [1.54, 1.807) is 32.4 Å². The van der Waals surface area contributed by atoms with E-state index in [-0.39, 0.29) is 16.8 Å². The maximum atomic E-state index is 13.3. The lowest BCUT2D eigenvalue weighted by Gasteiger charge is -2.44. The molecule has 1 spiro atoms. The summed E-state index contributed by atoms with van der Waals surface area (Å²) >= 11 is 1.84. The van der Waals surface area contributed by atoms with Crippen molar-refractivity contribution in [2.24, 2.45) is 0 Å². The molecule has 0 radical (unpaired) electrons. The number of thioether (sulfide) groups is 1. The Morgan fingerprint density at radius 3 is 2.28 bits per heavy atom. The molecule has 2 fully saturated rings. The number of nitrogens with zero attached hydrogens (tertiary/aromatic N) is 2. The predicted molar refractivity (Wildman–Crippen MR) is 127 cm³/mol. The van der Waals surface area contributed by atoms with Crippen LogP contribution in [0.25, 0.3) is 0 Å². The maximum absolute atomic E-state index is 13.3. The van der Waals surface area contributed by atoms with E-state index >= 15 is 0 Å². The first-order valence-electron chi connectivity index (χ1n) is 10.8. The maximum Gasteiger partial charge on any atom is 0.321 e. The second kappa shape index (κ2) is 9.32. The van der Waals surface area contributed by atoms with Crippen molar-refractivity contribution in [3.05, 3.63) is 53.6 Å². The normalized spacial score (nSPS) is 17.3. The number of amides is 3. The Morgan fingerprint density at radius 1 is 1.00 bits per heavy atom. The molecule has 8 heteroatoms. The number of likely N-dealkylation sites (tertiary alicyclic amines) is 1. The van der Waals surface area contributed by atoms with Gasteiger partial charge in [-0.2, -0.15) is 0 Å². The van der Waals surface area contributed by atoms with Crippen LogP contribution in [-0.4, -0.2) is 66.2 Å². The van der Waals surface area contributed by atoms with Gasteiger partial charge in [0.05, 0.1) is 19.1 Å². The molecule has 0 bridgehead atoms. The van der Waals surface area contributed by atoms with Gasteiger partial charge in [0.25, 0.3) is 5.91 Å². The molecule has 32 heavy (non-hydrogen) atoms. The van der Waals surface area contributed by atoms with Gasteiger partial charge >= 0.3 is 6.03 Å². The summed E-state index contributed by atoms with van der Waals surface area (Å²) in [5, 5.41) is 2.95. The lowest BCUT2D eigenvalue weighted by atomic mass is 10.00. The zero-order chi connectivity index (χ0) is 22.7. The highest BCUT2D eigenvalue weighted by molar-refractivity contribution is 8.00. The Kier molecular flexibility index (Phi) is 6.50. The summed E-state index contributed by atoms with van der Waals surface area (Å²) in [6.07, 6.45) is 1.51. The fraction of sp³-hybridized carbons (Fsp3) is 0.417. The molecule has 2 aliphatic rings. The SMILES string of the molecule is COc1cc(NC(=O)N2CCC3(CC2)SCCN3C(=O)c2ccccc2C)cc(OC)c1. The van der Waals surface area contributed by atoms with Gasteiger partial charge in [-0.1, -0.05) is 18.2 Å². The van der Waals surface area contributed by atoms with E-state index in [2.05, 4.69) is 5.32 Å². The van der Waals surface area contributed by atoms with Crippen LogP contribution in [0.1, 0.15) is 28.8 Å². The van der Waals surface area contributed by atoms with Crippen molar-refractivity contribution in [1.82, 2.24) is 9.80 Å². The molecule has 2 saturated heterocycles. The number of methoxy groups -OCH3 is 2. The number of rotatable bonds is 4. The smallest absolute Gasteiger partial charge is 0.321 e. The molecule has 0 aromatic heterocycles. The van der Waals surface area contributed by atoms with Crippen molar-refractivity contribution in [1.29, 1.82) is 0 Å². The van der Waals surface area contributed by atoms with Crippen LogP contribution in [0.2, 0.25) is 0 Å². The average molecular weight is 456 g/mol. The molecule has 0 atom stereocenters. The summed E-state index contributed by atoms with van der Waals surface area (Å²) in [6, 6.07) is 12.9. The third kappa shape index (κ3) is 4.37. The van der Waals surface area contributed by atoms with E-state index in [9.17, 15) is 9.59 Å². The van der Waals surface area contributed by atoms with Gasteiger partial charge in [-0.25, -0.2) is 4.79 Å².